The standard InChI is InChI=1S/C18H18N4/c1-13(21-12-14-7-8-20-16(9-14)11-19)22-18-10-17(18)15-5-3-2-4-6-15/h2-9,17-18,21-22H,1,10,12H2/t17-,18+/m0/s1. The maximum Gasteiger partial charge on any atom is 0.140 e. The van der Waals surface area contributed by atoms with Crippen molar-refractivity contribution in [3.8, 4) is 6.07 Å². The monoisotopic (exact) mass is 290 g/mol. The molecule has 0 spiro atoms. The molecule has 0 saturated heterocycles. The molecule has 4 heteroatoms. The molecule has 1 saturated carbocycles. The minimum absolute atomic E-state index is 0.434. The average Bonchev–Trinajstić information content (AvgIpc) is 3.33. The first-order valence-corrected chi connectivity index (χ1v) is 7.35. The van der Waals surface area contributed by atoms with E-state index < -0.39 is 0 Å². The molecule has 0 radical (unpaired) electrons. The van der Waals surface area contributed by atoms with E-state index in [0.717, 1.165) is 17.8 Å². The molecule has 2 atom stereocenters. The van der Waals surface area contributed by atoms with Gasteiger partial charge in [0.1, 0.15) is 11.8 Å². The van der Waals surface area contributed by atoms with Crippen molar-refractivity contribution in [2.24, 2.45) is 0 Å². The summed E-state index contributed by atoms with van der Waals surface area (Å²) in [6.45, 7) is 4.65. The van der Waals surface area contributed by atoms with Gasteiger partial charge in [0.15, 0.2) is 0 Å². The molecule has 1 aliphatic carbocycles. The first-order chi connectivity index (χ1) is 10.8. The van der Waals surface area contributed by atoms with Gasteiger partial charge in [-0.05, 0) is 29.7 Å². The Balaban J connectivity index is 1.47. The van der Waals surface area contributed by atoms with E-state index in [2.05, 4.69) is 46.5 Å². The molecule has 0 aliphatic heterocycles. The third-order valence-electron chi connectivity index (χ3n) is 3.82. The highest BCUT2D eigenvalue weighted by Crippen LogP contribution is 2.40. The number of nitrogens with zero attached hydrogens (tertiary/aromatic N) is 2. The molecule has 1 heterocycles. The third-order valence-corrected chi connectivity index (χ3v) is 3.82. The van der Waals surface area contributed by atoms with Crippen molar-refractivity contribution < 1.29 is 0 Å². The Labute approximate surface area is 130 Å². The van der Waals surface area contributed by atoms with Gasteiger partial charge >= 0.3 is 0 Å². The van der Waals surface area contributed by atoms with Gasteiger partial charge in [-0.15, -0.1) is 0 Å². The number of aromatic nitrogens is 1. The number of pyridine rings is 1. The smallest absolute Gasteiger partial charge is 0.140 e. The lowest BCUT2D eigenvalue weighted by Gasteiger charge is -2.12. The van der Waals surface area contributed by atoms with Crippen LogP contribution in [0.4, 0.5) is 0 Å². The van der Waals surface area contributed by atoms with Gasteiger partial charge in [0.05, 0.1) is 5.82 Å². The predicted molar refractivity (Wildman–Crippen MR) is 85.7 cm³/mol. The Morgan fingerprint density at radius 3 is 2.91 bits per heavy atom. The zero-order chi connectivity index (χ0) is 15.4. The van der Waals surface area contributed by atoms with Gasteiger partial charge < -0.3 is 10.6 Å². The van der Waals surface area contributed by atoms with Crippen LogP contribution in [0.15, 0.2) is 61.1 Å². The molecule has 2 aromatic rings. The van der Waals surface area contributed by atoms with Gasteiger partial charge in [0, 0.05) is 24.7 Å². The molecular weight excluding hydrogens is 272 g/mol. The van der Waals surface area contributed by atoms with Gasteiger partial charge in [-0.3, -0.25) is 0 Å². The minimum Gasteiger partial charge on any atom is -0.369 e. The second-order valence-corrected chi connectivity index (χ2v) is 5.50. The van der Waals surface area contributed by atoms with E-state index in [1.807, 2.05) is 18.2 Å². The van der Waals surface area contributed by atoms with Crippen molar-refractivity contribution in [3.05, 3.63) is 77.9 Å². The van der Waals surface area contributed by atoms with Crippen molar-refractivity contribution in [1.82, 2.24) is 15.6 Å². The Bertz CT molecular complexity index is 703. The number of hydrogen-bond donors (Lipinski definition) is 2. The number of rotatable bonds is 6. The third kappa shape index (κ3) is 3.44. The van der Waals surface area contributed by atoms with Gasteiger partial charge in [-0.25, -0.2) is 4.98 Å². The first-order valence-electron chi connectivity index (χ1n) is 7.35. The van der Waals surface area contributed by atoms with Gasteiger partial charge in [0.25, 0.3) is 0 Å². The number of nitriles is 1. The second-order valence-electron chi connectivity index (χ2n) is 5.50. The minimum atomic E-state index is 0.434. The average molecular weight is 290 g/mol. The molecule has 22 heavy (non-hydrogen) atoms. The molecule has 0 amide bonds. The van der Waals surface area contributed by atoms with Crippen molar-refractivity contribution in [1.29, 1.82) is 5.26 Å². The van der Waals surface area contributed by atoms with Crippen molar-refractivity contribution in [2.75, 3.05) is 0 Å². The summed E-state index contributed by atoms with van der Waals surface area (Å²) >= 11 is 0. The van der Waals surface area contributed by atoms with Gasteiger partial charge in [-0.1, -0.05) is 36.9 Å². The molecule has 1 fully saturated rings. The largest absolute Gasteiger partial charge is 0.369 e. The van der Waals surface area contributed by atoms with Gasteiger partial charge in [-0.2, -0.15) is 5.26 Å². The maximum absolute atomic E-state index is 8.84. The molecule has 1 aromatic heterocycles. The van der Waals surface area contributed by atoms with Crippen LogP contribution < -0.4 is 10.6 Å². The summed E-state index contributed by atoms with van der Waals surface area (Å²) in [6, 6.07) is 16.7. The second kappa shape index (κ2) is 6.31. The van der Waals surface area contributed by atoms with E-state index >= 15 is 0 Å². The normalized spacial score (nSPS) is 19.0. The molecule has 3 rings (SSSR count). The van der Waals surface area contributed by atoms with Crippen LogP contribution in [-0.2, 0) is 6.54 Å². The van der Waals surface area contributed by atoms with E-state index in [0.29, 0.717) is 24.2 Å². The molecule has 1 aliphatic rings. The molecule has 2 N–H and O–H groups in total. The summed E-state index contributed by atoms with van der Waals surface area (Å²) < 4.78 is 0. The Morgan fingerprint density at radius 1 is 1.32 bits per heavy atom. The van der Waals surface area contributed by atoms with Crippen LogP contribution >= 0.6 is 0 Å². The lowest BCUT2D eigenvalue weighted by molar-refractivity contribution is 0.672. The highest BCUT2D eigenvalue weighted by atomic mass is 15.1. The van der Waals surface area contributed by atoms with Crippen LogP contribution in [0.2, 0.25) is 0 Å². The molecule has 0 unspecified atom stereocenters. The van der Waals surface area contributed by atoms with E-state index in [-0.39, 0.29) is 0 Å². The van der Waals surface area contributed by atoms with Crippen LogP contribution in [0.25, 0.3) is 0 Å². The zero-order valence-corrected chi connectivity index (χ0v) is 12.3. The summed E-state index contributed by atoms with van der Waals surface area (Å²) in [7, 11) is 0. The fraction of sp³-hybridized carbons (Fsp3) is 0.222. The van der Waals surface area contributed by atoms with Crippen LogP contribution in [0, 0.1) is 11.3 Å². The summed E-state index contributed by atoms with van der Waals surface area (Å²) in [5.41, 5.74) is 2.83. The molecule has 110 valence electrons. The fourth-order valence-electron chi connectivity index (χ4n) is 2.55. The predicted octanol–water partition coefficient (Wildman–Crippen LogP) is 2.66. The number of benzene rings is 1. The lowest BCUT2D eigenvalue weighted by atomic mass is 10.1. The zero-order valence-electron chi connectivity index (χ0n) is 12.3. The fourth-order valence-corrected chi connectivity index (χ4v) is 2.55. The van der Waals surface area contributed by atoms with E-state index in [1.165, 1.54) is 5.56 Å². The van der Waals surface area contributed by atoms with Crippen LogP contribution in [-0.4, -0.2) is 11.0 Å². The van der Waals surface area contributed by atoms with Gasteiger partial charge in [0.2, 0.25) is 0 Å². The first kappa shape index (κ1) is 14.2. The molecular formula is C18H18N4. The Kier molecular flexibility index (Phi) is 4.06. The summed E-state index contributed by atoms with van der Waals surface area (Å²) in [5.74, 6) is 1.39. The van der Waals surface area contributed by atoms with Crippen LogP contribution in [0.5, 0.6) is 0 Å². The van der Waals surface area contributed by atoms with Crippen molar-refractivity contribution in [2.45, 2.75) is 24.9 Å². The number of nitrogens with one attached hydrogen (secondary N) is 2. The Hall–Kier alpha value is -2.80. The van der Waals surface area contributed by atoms with Crippen molar-refractivity contribution >= 4 is 0 Å². The van der Waals surface area contributed by atoms with Crippen LogP contribution in [0.3, 0.4) is 0 Å². The van der Waals surface area contributed by atoms with Crippen molar-refractivity contribution in [3.63, 3.8) is 0 Å². The SMILES string of the molecule is C=C(NCc1ccnc(C#N)c1)N[C@@H]1C[C@H]1c1ccccc1. The topological polar surface area (TPSA) is 60.7 Å². The number of hydrogen-bond acceptors (Lipinski definition) is 4. The maximum atomic E-state index is 8.84. The van der Waals surface area contributed by atoms with E-state index in [4.69, 9.17) is 5.26 Å². The summed E-state index contributed by atoms with van der Waals surface area (Å²) in [4.78, 5) is 3.96. The molecule has 4 nitrogen and oxygen atoms in total. The van der Waals surface area contributed by atoms with E-state index in [9.17, 15) is 0 Å². The summed E-state index contributed by atoms with van der Waals surface area (Å²) in [5, 5.41) is 15.5. The summed E-state index contributed by atoms with van der Waals surface area (Å²) in [6.07, 6.45) is 2.79. The lowest BCUT2D eigenvalue weighted by Crippen LogP contribution is -2.27. The highest BCUT2D eigenvalue weighted by molar-refractivity contribution is 5.29. The molecule has 0 bridgehead atoms. The quantitative estimate of drug-likeness (QED) is 0.858. The Morgan fingerprint density at radius 2 is 2.14 bits per heavy atom. The highest BCUT2D eigenvalue weighted by Gasteiger charge is 2.38. The van der Waals surface area contributed by atoms with E-state index in [1.54, 1.807) is 12.3 Å². The molecule has 1 aromatic carbocycles. The van der Waals surface area contributed by atoms with Crippen LogP contribution in [0.1, 0.15) is 29.2 Å².